The molecule has 2 unspecified atom stereocenters. The zero-order valence-corrected chi connectivity index (χ0v) is 8.32. The van der Waals surface area contributed by atoms with Gasteiger partial charge in [0.2, 0.25) is 0 Å². The summed E-state index contributed by atoms with van der Waals surface area (Å²) in [5, 5.41) is 2.38. The molecule has 1 saturated heterocycles. The third kappa shape index (κ3) is 2.96. The van der Waals surface area contributed by atoms with E-state index in [1.54, 1.807) is 0 Å². The van der Waals surface area contributed by atoms with Crippen LogP contribution in [0, 0.1) is 0 Å². The van der Waals surface area contributed by atoms with Crippen LogP contribution in [0.3, 0.4) is 0 Å². The van der Waals surface area contributed by atoms with Gasteiger partial charge in [0.25, 0.3) is 0 Å². The molecule has 0 saturated carbocycles. The molecule has 0 amide bonds. The summed E-state index contributed by atoms with van der Waals surface area (Å²) in [5.41, 5.74) is 0.545. The molecule has 1 rings (SSSR count). The third-order valence-electron chi connectivity index (χ3n) is 1.98. The Morgan fingerprint density at radius 1 is 1.55 bits per heavy atom. The predicted molar refractivity (Wildman–Crippen MR) is 53.5 cm³/mol. The molecule has 1 aliphatic heterocycles. The van der Waals surface area contributed by atoms with Crippen molar-refractivity contribution < 1.29 is 4.74 Å². The summed E-state index contributed by atoms with van der Waals surface area (Å²) in [6, 6.07) is 0. The fraction of sp³-hybridized carbons (Fsp3) is 0.889. The average Bonchev–Trinajstić information content (AvgIpc) is 2.07. The van der Waals surface area contributed by atoms with Crippen LogP contribution in [-0.2, 0) is 4.74 Å². The SMILES string of the molecule is CCC=S(C)C1CCCCO1. The molecule has 0 bridgehead atoms. The Morgan fingerprint density at radius 2 is 2.36 bits per heavy atom. The Labute approximate surface area is 72.1 Å². The molecule has 11 heavy (non-hydrogen) atoms. The molecule has 0 aromatic rings. The van der Waals surface area contributed by atoms with E-state index in [0.717, 1.165) is 6.61 Å². The van der Waals surface area contributed by atoms with Crippen LogP contribution < -0.4 is 0 Å². The maximum Gasteiger partial charge on any atom is 0.0975 e. The number of hydrogen-bond donors (Lipinski definition) is 0. The van der Waals surface area contributed by atoms with Gasteiger partial charge in [-0.25, -0.2) is 0 Å². The molecular formula is C9H18OS. The minimum Gasteiger partial charge on any atom is -0.368 e. The molecule has 1 aliphatic rings. The summed E-state index contributed by atoms with van der Waals surface area (Å²) < 4.78 is 5.67. The second-order valence-electron chi connectivity index (χ2n) is 2.98. The lowest BCUT2D eigenvalue weighted by atomic mass is 10.2. The van der Waals surface area contributed by atoms with Crippen molar-refractivity contribution in [1.82, 2.24) is 0 Å². The molecule has 0 radical (unpaired) electrons. The van der Waals surface area contributed by atoms with E-state index in [1.807, 2.05) is 0 Å². The Morgan fingerprint density at radius 3 is 2.91 bits per heavy atom. The monoisotopic (exact) mass is 174 g/mol. The zero-order chi connectivity index (χ0) is 8.10. The average molecular weight is 174 g/mol. The van der Waals surface area contributed by atoms with Crippen LogP contribution in [-0.4, -0.2) is 23.7 Å². The second-order valence-corrected chi connectivity index (χ2v) is 5.05. The molecule has 0 aliphatic carbocycles. The van der Waals surface area contributed by atoms with Crippen molar-refractivity contribution in [3.05, 3.63) is 0 Å². The van der Waals surface area contributed by atoms with Crippen LogP contribution in [0.5, 0.6) is 0 Å². The molecule has 0 N–H and O–H groups in total. The maximum absolute atomic E-state index is 5.67. The summed E-state index contributed by atoms with van der Waals surface area (Å²) in [5.74, 6) is 0. The van der Waals surface area contributed by atoms with E-state index in [1.165, 1.54) is 25.7 Å². The smallest absolute Gasteiger partial charge is 0.0975 e. The summed E-state index contributed by atoms with van der Waals surface area (Å²) in [7, 11) is 0.396. The largest absolute Gasteiger partial charge is 0.368 e. The summed E-state index contributed by atoms with van der Waals surface area (Å²) in [6.45, 7) is 3.19. The van der Waals surface area contributed by atoms with Gasteiger partial charge < -0.3 is 4.74 Å². The molecule has 1 nitrogen and oxygen atoms in total. The fourth-order valence-electron chi connectivity index (χ4n) is 1.37. The van der Waals surface area contributed by atoms with Gasteiger partial charge in [-0.1, -0.05) is 12.3 Å². The van der Waals surface area contributed by atoms with Crippen molar-refractivity contribution in [3.63, 3.8) is 0 Å². The van der Waals surface area contributed by atoms with Crippen LogP contribution in [0.4, 0.5) is 0 Å². The molecule has 2 heteroatoms. The van der Waals surface area contributed by atoms with E-state index in [2.05, 4.69) is 18.5 Å². The number of hydrogen-bond acceptors (Lipinski definition) is 1. The van der Waals surface area contributed by atoms with Crippen LogP contribution in [0.1, 0.15) is 32.6 Å². The molecular weight excluding hydrogens is 156 g/mol. The van der Waals surface area contributed by atoms with E-state index in [4.69, 9.17) is 4.74 Å². The van der Waals surface area contributed by atoms with Crippen LogP contribution in [0.25, 0.3) is 0 Å². The number of rotatable bonds is 2. The first-order valence-corrected chi connectivity index (χ1v) is 6.19. The van der Waals surface area contributed by atoms with Gasteiger partial charge in [0, 0.05) is 6.61 Å². The minimum absolute atomic E-state index is 0.396. The molecule has 0 aromatic carbocycles. The molecule has 2 atom stereocenters. The lowest BCUT2D eigenvalue weighted by Gasteiger charge is -2.23. The van der Waals surface area contributed by atoms with E-state index >= 15 is 0 Å². The molecule has 0 spiro atoms. The third-order valence-corrected chi connectivity index (χ3v) is 4.04. The Balaban J connectivity index is 2.38. The highest BCUT2D eigenvalue weighted by Crippen LogP contribution is 2.26. The highest BCUT2D eigenvalue weighted by Gasteiger charge is 2.13. The van der Waals surface area contributed by atoms with Crippen molar-refractivity contribution in [3.8, 4) is 0 Å². The van der Waals surface area contributed by atoms with Gasteiger partial charge in [-0.05, 0) is 31.9 Å². The van der Waals surface area contributed by atoms with Crippen LogP contribution >= 0.6 is 10.5 Å². The predicted octanol–water partition coefficient (Wildman–Crippen LogP) is 2.62. The normalized spacial score (nSPS) is 28.7. The highest BCUT2D eigenvalue weighted by molar-refractivity contribution is 8.14. The Bertz CT molecular complexity index is 136. The molecule has 66 valence electrons. The van der Waals surface area contributed by atoms with Crippen molar-refractivity contribution in [2.75, 3.05) is 12.9 Å². The lowest BCUT2D eigenvalue weighted by molar-refractivity contribution is 0.0727. The lowest BCUT2D eigenvalue weighted by Crippen LogP contribution is -2.16. The zero-order valence-electron chi connectivity index (χ0n) is 7.51. The highest BCUT2D eigenvalue weighted by atomic mass is 32.2. The molecule has 1 fully saturated rings. The molecule has 0 aromatic heterocycles. The standard InChI is InChI=1S/C9H18OS/c1-3-8-11(2)9-6-4-5-7-10-9/h8-9H,3-7H2,1-2H3. The van der Waals surface area contributed by atoms with E-state index < -0.39 is 0 Å². The van der Waals surface area contributed by atoms with Crippen molar-refractivity contribution in [2.24, 2.45) is 0 Å². The van der Waals surface area contributed by atoms with E-state index in [0.29, 0.717) is 15.9 Å². The minimum atomic E-state index is 0.396. The van der Waals surface area contributed by atoms with Crippen molar-refractivity contribution >= 4 is 15.9 Å². The van der Waals surface area contributed by atoms with Gasteiger partial charge >= 0.3 is 0 Å². The van der Waals surface area contributed by atoms with Gasteiger partial charge in [-0.3, -0.25) is 0 Å². The van der Waals surface area contributed by atoms with Gasteiger partial charge in [0.05, 0.1) is 5.44 Å². The van der Waals surface area contributed by atoms with Crippen molar-refractivity contribution in [1.29, 1.82) is 0 Å². The van der Waals surface area contributed by atoms with Gasteiger partial charge in [0.15, 0.2) is 0 Å². The quantitative estimate of drug-likeness (QED) is 0.585. The summed E-state index contributed by atoms with van der Waals surface area (Å²) in [6.07, 6.45) is 7.37. The first-order chi connectivity index (χ1) is 5.34. The van der Waals surface area contributed by atoms with Crippen LogP contribution in [0.15, 0.2) is 0 Å². The topological polar surface area (TPSA) is 9.23 Å². The van der Waals surface area contributed by atoms with E-state index in [-0.39, 0.29) is 0 Å². The molecule has 1 heterocycles. The van der Waals surface area contributed by atoms with Crippen LogP contribution in [0.2, 0.25) is 0 Å². The number of ether oxygens (including phenoxy) is 1. The first kappa shape index (κ1) is 9.27. The Kier molecular flexibility index (Phi) is 4.16. The van der Waals surface area contributed by atoms with Gasteiger partial charge in [-0.2, -0.15) is 10.5 Å². The maximum atomic E-state index is 5.67. The van der Waals surface area contributed by atoms with Gasteiger partial charge in [0.1, 0.15) is 0 Å². The second kappa shape index (κ2) is 4.94. The fourth-order valence-corrected chi connectivity index (χ4v) is 2.96. The summed E-state index contributed by atoms with van der Waals surface area (Å²) in [4.78, 5) is 0. The van der Waals surface area contributed by atoms with Gasteiger partial charge in [-0.15, -0.1) is 0 Å². The summed E-state index contributed by atoms with van der Waals surface area (Å²) >= 11 is 0. The van der Waals surface area contributed by atoms with E-state index in [9.17, 15) is 0 Å². The van der Waals surface area contributed by atoms with Crippen molar-refractivity contribution in [2.45, 2.75) is 38.0 Å². The first-order valence-electron chi connectivity index (χ1n) is 4.43. The Hall–Kier alpha value is 0.180.